The van der Waals surface area contributed by atoms with Gasteiger partial charge in [-0.05, 0) is 100 Å². The highest BCUT2D eigenvalue weighted by Gasteiger charge is 2.50. The van der Waals surface area contributed by atoms with Gasteiger partial charge in [-0.2, -0.15) is 0 Å². The van der Waals surface area contributed by atoms with Gasteiger partial charge in [-0.1, -0.05) is 69.9 Å². The van der Waals surface area contributed by atoms with Crippen LogP contribution in [0.15, 0.2) is 34.9 Å². The first-order valence-electron chi connectivity index (χ1n) is 14.3. The zero-order valence-corrected chi connectivity index (χ0v) is 23.4. The third kappa shape index (κ3) is 8.02. The van der Waals surface area contributed by atoms with Crippen LogP contribution in [0.1, 0.15) is 112 Å². The maximum Gasteiger partial charge on any atom is 0.0812 e. The Kier molecular flexibility index (Phi) is 11.7. The second-order valence-electron chi connectivity index (χ2n) is 12.0. The Labute approximate surface area is 215 Å². The van der Waals surface area contributed by atoms with Crippen LogP contribution in [0.2, 0.25) is 0 Å². The molecule has 0 aromatic rings. The van der Waals surface area contributed by atoms with E-state index in [9.17, 15) is 15.3 Å². The molecule has 3 saturated carbocycles. The van der Waals surface area contributed by atoms with Crippen molar-refractivity contribution in [2.24, 2.45) is 23.2 Å². The fourth-order valence-corrected chi connectivity index (χ4v) is 7.17. The summed E-state index contributed by atoms with van der Waals surface area (Å²) in [5.41, 5.74) is 3.14. The third-order valence-electron chi connectivity index (χ3n) is 8.90. The van der Waals surface area contributed by atoms with Gasteiger partial charge in [-0.15, -0.1) is 0 Å². The minimum atomic E-state index is -0.651. The van der Waals surface area contributed by atoms with Gasteiger partial charge in [0.15, 0.2) is 0 Å². The Morgan fingerprint density at radius 2 is 1.74 bits per heavy atom. The number of hydrogen-bond acceptors (Lipinski definition) is 4. The van der Waals surface area contributed by atoms with Gasteiger partial charge in [0.1, 0.15) is 0 Å². The highest BCUT2D eigenvalue weighted by atomic mass is 16.3. The second kappa shape index (κ2) is 13.6. The van der Waals surface area contributed by atoms with E-state index in [2.05, 4.69) is 26.0 Å². The van der Waals surface area contributed by atoms with Gasteiger partial charge in [0, 0.05) is 6.61 Å². The summed E-state index contributed by atoms with van der Waals surface area (Å²) in [6, 6.07) is 0. The molecule has 4 N–H and O–H groups in total. The molecule has 0 heterocycles. The van der Waals surface area contributed by atoms with Gasteiger partial charge in [-0.3, -0.25) is 0 Å². The summed E-state index contributed by atoms with van der Waals surface area (Å²) in [7, 11) is 0. The van der Waals surface area contributed by atoms with E-state index < -0.39 is 17.8 Å². The molecule has 35 heavy (non-hydrogen) atoms. The molecule has 0 amide bonds. The molecule has 2 unspecified atom stereocenters. The van der Waals surface area contributed by atoms with Crippen molar-refractivity contribution in [3.63, 3.8) is 0 Å². The molecule has 0 radical (unpaired) electrons. The van der Waals surface area contributed by atoms with Crippen LogP contribution in [0.4, 0.5) is 0 Å². The summed E-state index contributed by atoms with van der Waals surface area (Å²) in [5.74, 6) is 2.08. The van der Waals surface area contributed by atoms with Crippen LogP contribution < -0.4 is 0 Å². The van der Waals surface area contributed by atoms with Crippen LogP contribution in [0.25, 0.3) is 0 Å². The summed E-state index contributed by atoms with van der Waals surface area (Å²) in [5, 5.41) is 40.1. The molecule has 0 bridgehead atoms. The van der Waals surface area contributed by atoms with Crippen molar-refractivity contribution in [2.45, 2.75) is 130 Å². The molecule has 0 aromatic carbocycles. The van der Waals surface area contributed by atoms with Gasteiger partial charge in [-0.25, -0.2) is 0 Å². The summed E-state index contributed by atoms with van der Waals surface area (Å²) in [4.78, 5) is 0. The van der Waals surface area contributed by atoms with Gasteiger partial charge >= 0.3 is 0 Å². The molecule has 0 aliphatic heterocycles. The minimum Gasteiger partial charge on any atom is -0.396 e. The van der Waals surface area contributed by atoms with Crippen LogP contribution in [0.5, 0.6) is 0 Å². The van der Waals surface area contributed by atoms with E-state index >= 15 is 0 Å². The molecule has 0 spiro atoms. The van der Waals surface area contributed by atoms with Gasteiger partial charge in [0.2, 0.25) is 0 Å². The number of rotatable bonds is 8. The van der Waals surface area contributed by atoms with Crippen LogP contribution in [0, 0.1) is 23.2 Å². The van der Waals surface area contributed by atoms with E-state index in [0.717, 1.165) is 30.8 Å². The average molecular weight is 491 g/mol. The van der Waals surface area contributed by atoms with Crippen LogP contribution in [-0.4, -0.2) is 44.8 Å². The Hall–Kier alpha value is -0.940. The molecule has 3 rings (SSSR count). The normalized spacial score (nSPS) is 33.1. The third-order valence-corrected chi connectivity index (χ3v) is 8.90. The molecule has 4 nitrogen and oxygen atoms in total. The molecular weight excluding hydrogens is 436 g/mol. The summed E-state index contributed by atoms with van der Waals surface area (Å²) in [6.07, 6.45) is 16.1. The number of aliphatic hydroxyl groups is 4. The second-order valence-corrected chi connectivity index (χ2v) is 12.0. The molecular formula is C31H54O4. The van der Waals surface area contributed by atoms with Crippen LogP contribution in [-0.2, 0) is 0 Å². The molecule has 3 aliphatic rings. The maximum atomic E-state index is 10.5. The number of allylic oxidation sites excluding steroid dienone is 3. The Morgan fingerprint density at radius 3 is 2.34 bits per heavy atom. The van der Waals surface area contributed by atoms with Crippen molar-refractivity contribution >= 4 is 0 Å². The Bertz CT molecular complexity index is 728. The maximum absolute atomic E-state index is 10.5. The lowest BCUT2D eigenvalue weighted by atomic mass is 9.60. The zero-order valence-electron chi connectivity index (χ0n) is 23.4. The van der Waals surface area contributed by atoms with Crippen LogP contribution in [0.3, 0.4) is 0 Å². The quantitative estimate of drug-likeness (QED) is 0.293. The zero-order chi connectivity index (χ0) is 26.2. The lowest BCUT2D eigenvalue weighted by Crippen LogP contribution is -2.36. The first kappa shape index (κ1) is 30.3. The summed E-state index contributed by atoms with van der Waals surface area (Å²) in [6.45, 7) is 12.8. The van der Waals surface area contributed by atoms with Crippen molar-refractivity contribution in [1.29, 1.82) is 0 Å². The first-order chi connectivity index (χ1) is 16.5. The predicted octanol–water partition coefficient (Wildman–Crippen LogP) is 6.48. The highest BCUT2D eigenvalue weighted by Crippen LogP contribution is 2.60. The van der Waals surface area contributed by atoms with Crippen LogP contribution >= 0.6 is 0 Å². The molecule has 202 valence electrons. The van der Waals surface area contributed by atoms with Crippen molar-refractivity contribution in [2.75, 3.05) is 6.61 Å². The van der Waals surface area contributed by atoms with Gasteiger partial charge in [0.25, 0.3) is 0 Å². The smallest absolute Gasteiger partial charge is 0.0812 e. The molecule has 0 aromatic heterocycles. The van der Waals surface area contributed by atoms with Gasteiger partial charge < -0.3 is 20.4 Å². The van der Waals surface area contributed by atoms with E-state index in [1.165, 1.54) is 32.1 Å². The predicted molar refractivity (Wildman–Crippen MR) is 146 cm³/mol. The van der Waals surface area contributed by atoms with E-state index in [1.54, 1.807) is 11.6 Å². The number of aliphatic hydroxyl groups excluding tert-OH is 3. The van der Waals surface area contributed by atoms with Crippen molar-refractivity contribution < 1.29 is 20.4 Å². The van der Waals surface area contributed by atoms with E-state index in [4.69, 9.17) is 5.11 Å². The molecule has 4 heteroatoms. The topological polar surface area (TPSA) is 80.9 Å². The standard InChI is InChI=1S/C29H48O4.C2H6/c1-20(8-5-15-28(2,3)33)24-13-14-25-22(9-6-16-29(24,25)4)12-11-21-18-26(31)23(10-7-17-30)27(32)19-21;1-2/h10-12,20,24-27,30-33H,5-9,13-19H2,1-4H3;1-2H3/b21-11?,22-12+,23-10?;/t20?,24?,25-,26+,27+,29+;/m0./s1. The fourth-order valence-electron chi connectivity index (χ4n) is 7.17. The van der Waals surface area contributed by atoms with E-state index in [1.807, 2.05) is 27.7 Å². The van der Waals surface area contributed by atoms with Crippen molar-refractivity contribution in [3.05, 3.63) is 34.9 Å². The molecule has 0 saturated heterocycles. The van der Waals surface area contributed by atoms with Crippen molar-refractivity contribution in [1.82, 2.24) is 0 Å². The van der Waals surface area contributed by atoms with E-state index in [0.29, 0.717) is 42.1 Å². The lowest BCUT2D eigenvalue weighted by molar-refractivity contribution is 0.0596. The Morgan fingerprint density at radius 1 is 1.09 bits per heavy atom. The van der Waals surface area contributed by atoms with Crippen molar-refractivity contribution in [3.8, 4) is 0 Å². The summed E-state index contributed by atoms with van der Waals surface area (Å²) >= 11 is 0. The Balaban J connectivity index is 0.00000210. The minimum absolute atomic E-state index is 0.0386. The average Bonchev–Trinajstić information content (AvgIpc) is 3.15. The summed E-state index contributed by atoms with van der Waals surface area (Å²) < 4.78 is 0. The SMILES string of the molecule is CC.CC(CCCC(C)(C)O)C1CC[C@H]2/C(=C/C=C3C[C@@H](O)C(=CCCO)[C@H](O)C3)CCC[C@]12C. The molecule has 6 atom stereocenters. The van der Waals surface area contributed by atoms with Gasteiger partial charge in [0.05, 0.1) is 17.8 Å². The largest absolute Gasteiger partial charge is 0.396 e. The highest BCUT2D eigenvalue weighted by molar-refractivity contribution is 5.30. The lowest BCUT2D eigenvalue weighted by Gasteiger charge is -2.44. The monoisotopic (exact) mass is 490 g/mol. The number of hydrogen-bond donors (Lipinski definition) is 4. The number of fused-ring (bicyclic) bond motifs is 1. The molecule has 3 aliphatic carbocycles. The molecule has 3 fully saturated rings. The first-order valence-corrected chi connectivity index (χ1v) is 14.3. The fraction of sp³-hybridized carbons (Fsp3) is 0.806. The van der Waals surface area contributed by atoms with E-state index in [-0.39, 0.29) is 6.61 Å².